The first-order valence-corrected chi connectivity index (χ1v) is 8.15. The zero-order chi connectivity index (χ0) is 17.1. The van der Waals surface area contributed by atoms with Gasteiger partial charge in [-0.25, -0.2) is 4.79 Å². The van der Waals surface area contributed by atoms with E-state index in [0.717, 1.165) is 5.56 Å². The molecule has 0 aliphatic carbocycles. The predicted molar refractivity (Wildman–Crippen MR) is 88.2 cm³/mol. The average Bonchev–Trinajstić information content (AvgIpc) is 3.24. The number of aliphatic carboxylic acids is 1. The monoisotopic (exact) mass is 348 g/mol. The molecule has 24 heavy (non-hydrogen) atoms. The van der Waals surface area contributed by atoms with Gasteiger partial charge in [-0.3, -0.25) is 10.1 Å². The number of hydrogen-bond donors (Lipinski definition) is 2. The van der Waals surface area contributed by atoms with Crippen molar-refractivity contribution in [2.75, 3.05) is 25.5 Å². The van der Waals surface area contributed by atoms with Crippen molar-refractivity contribution in [3.05, 3.63) is 24.3 Å². The molecule has 1 aliphatic heterocycles. The molecule has 1 fully saturated rings. The van der Waals surface area contributed by atoms with E-state index in [1.54, 1.807) is 7.11 Å². The summed E-state index contributed by atoms with van der Waals surface area (Å²) in [6.07, 6.45) is 0.464. The Bertz CT molecular complexity index is 763. The van der Waals surface area contributed by atoms with Crippen LogP contribution in [0.15, 0.2) is 24.3 Å². The van der Waals surface area contributed by atoms with Crippen molar-refractivity contribution in [3.8, 4) is 16.3 Å². The van der Waals surface area contributed by atoms with Gasteiger partial charge in [0.2, 0.25) is 5.13 Å². The van der Waals surface area contributed by atoms with Gasteiger partial charge in [0.05, 0.1) is 18.6 Å². The SMILES string of the molecule is COc1ccccc1-c1nnc(NC(=O)N2CCC(C(=O)O)C2)s1. The van der Waals surface area contributed by atoms with Crippen LogP contribution in [0.1, 0.15) is 6.42 Å². The Kier molecular flexibility index (Phi) is 4.61. The Hall–Kier alpha value is -2.68. The minimum absolute atomic E-state index is 0.208. The molecule has 2 heterocycles. The number of hydrogen-bond acceptors (Lipinski definition) is 6. The van der Waals surface area contributed by atoms with Gasteiger partial charge in [-0.15, -0.1) is 10.2 Å². The molecule has 1 saturated heterocycles. The molecule has 1 unspecified atom stereocenters. The third-order valence-electron chi connectivity index (χ3n) is 3.80. The summed E-state index contributed by atoms with van der Waals surface area (Å²) in [4.78, 5) is 24.6. The lowest BCUT2D eigenvalue weighted by atomic mass is 10.1. The third-order valence-corrected chi connectivity index (χ3v) is 4.67. The van der Waals surface area contributed by atoms with Crippen LogP contribution in [0, 0.1) is 5.92 Å². The third kappa shape index (κ3) is 3.30. The Balaban J connectivity index is 1.68. The number of anilines is 1. The van der Waals surface area contributed by atoms with Gasteiger partial charge in [0.1, 0.15) is 5.75 Å². The minimum atomic E-state index is -0.875. The van der Waals surface area contributed by atoms with Crippen LogP contribution in [0.3, 0.4) is 0 Å². The van der Waals surface area contributed by atoms with Crippen molar-refractivity contribution in [2.24, 2.45) is 5.92 Å². The van der Waals surface area contributed by atoms with E-state index < -0.39 is 11.9 Å². The number of amides is 2. The van der Waals surface area contributed by atoms with Gasteiger partial charge in [0.25, 0.3) is 0 Å². The van der Waals surface area contributed by atoms with E-state index in [-0.39, 0.29) is 12.6 Å². The molecule has 2 aromatic rings. The summed E-state index contributed by atoms with van der Waals surface area (Å²) in [5.41, 5.74) is 0.796. The molecule has 2 N–H and O–H groups in total. The first kappa shape index (κ1) is 16.2. The number of aromatic nitrogens is 2. The van der Waals surface area contributed by atoms with Crippen LogP contribution in [-0.4, -0.2) is 52.4 Å². The lowest BCUT2D eigenvalue weighted by Gasteiger charge is -2.14. The van der Waals surface area contributed by atoms with Crippen molar-refractivity contribution in [1.29, 1.82) is 0 Å². The largest absolute Gasteiger partial charge is 0.496 e. The van der Waals surface area contributed by atoms with Crippen molar-refractivity contribution in [2.45, 2.75) is 6.42 Å². The maximum atomic E-state index is 12.2. The van der Waals surface area contributed by atoms with Crippen LogP contribution in [0.25, 0.3) is 10.6 Å². The Labute approximate surface area is 142 Å². The molecule has 126 valence electrons. The number of likely N-dealkylation sites (tertiary alicyclic amines) is 1. The minimum Gasteiger partial charge on any atom is -0.496 e. The van der Waals surface area contributed by atoms with Gasteiger partial charge in [-0.2, -0.15) is 0 Å². The number of methoxy groups -OCH3 is 1. The van der Waals surface area contributed by atoms with Crippen LogP contribution < -0.4 is 10.1 Å². The molecular formula is C15H16N4O4S. The number of carboxylic acids is 1. The smallest absolute Gasteiger partial charge is 0.323 e. The van der Waals surface area contributed by atoms with Crippen LogP contribution in [0.4, 0.5) is 9.93 Å². The van der Waals surface area contributed by atoms with Gasteiger partial charge < -0.3 is 14.7 Å². The van der Waals surface area contributed by atoms with Crippen LogP contribution in [-0.2, 0) is 4.79 Å². The molecule has 9 heteroatoms. The van der Waals surface area contributed by atoms with E-state index in [2.05, 4.69) is 15.5 Å². The second kappa shape index (κ2) is 6.83. The first-order valence-electron chi connectivity index (χ1n) is 7.34. The number of urea groups is 1. The highest BCUT2D eigenvalue weighted by atomic mass is 32.1. The number of carbonyl (C=O) groups excluding carboxylic acids is 1. The van der Waals surface area contributed by atoms with Gasteiger partial charge in [0.15, 0.2) is 5.01 Å². The molecule has 8 nitrogen and oxygen atoms in total. The molecule has 1 aromatic carbocycles. The quantitative estimate of drug-likeness (QED) is 0.877. The lowest BCUT2D eigenvalue weighted by molar-refractivity contribution is -0.141. The van der Waals surface area contributed by atoms with Crippen LogP contribution in [0.2, 0.25) is 0 Å². The van der Waals surface area contributed by atoms with Gasteiger partial charge in [-0.1, -0.05) is 23.5 Å². The van der Waals surface area contributed by atoms with Gasteiger partial charge in [0, 0.05) is 13.1 Å². The number of nitrogens with zero attached hydrogens (tertiary/aromatic N) is 3. The number of ether oxygens (including phenoxy) is 1. The summed E-state index contributed by atoms with van der Waals surface area (Å²) in [5.74, 6) is -0.704. The average molecular weight is 348 g/mol. The van der Waals surface area contributed by atoms with Crippen molar-refractivity contribution in [3.63, 3.8) is 0 Å². The fraction of sp³-hybridized carbons (Fsp3) is 0.333. The number of benzene rings is 1. The highest BCUT2D eigenvalue weighted by Gasteiger charge is 2.31. The molecule has 3 rings (SSSR count). The zero-order valence-corrected chi connectivity index (χ0v) is 13.7. The normalized spacial score (nSPS) is 16.9. The van der Waals surface area contributed by atoms with Crippen LogP contribution >= 0.6 is 11.3 Å². The fourth-order valence-corrected chi connectivity index (χ4v) is 3.28. The van der Waals surface area contributed by atoms with Crippen molar-refractivity contribution >= 4 is 28.5 Å². The van der Waals surface area contributed by atoms with E-state index in [9.17, 15) is 9.59 Å². The Morgan fingerprint density at radius 2 is 2.17 bits per heavy atom. The predicted octanol–water partition coefficient (Wildman–Crippen LogP) is 2.15. The summed E-state index contributed by atoms with van der Waals surface area (Å²) in [7, 11) is 1.58. The van der Waals surface area contributed by atoms with Gasteiger partial charge >= 0.3 is 12.0 Å². The molecule has 2 amide bonds. The number of para-hydroxylation sites is 1. The number of carbonyl (C=O) groups is 2. The molecule has 0 bridgehead atoms. The van der Waals surface area contributed by atoms with Crippen molar-refractivity contribution < 1.29 is 19.4 Å². The number of carboxylic acid groups (broad SMARTS) is 1. The highest BCUT2D eigenvalue weighted by molar-refractivity contribution is 7.18. The van der Waals surface area contributed by atoms with Gasteiger partial charge in [-0.05, 0) is 18.6 Å². The maximum absolute atomic E-state index is 12.2. The number of rotatable bonds is 4. The topological polar surface area (TPSA) is 105 Å². The van der Waals surface area contributed by atoms with E-state index in [0.29, 0.717) is 28.9 Å². The summed E-state index contributed by atoms with van der Waals surface area (Å²) >= 11 is 1.23. The number of nitrogens with one attached hydrogen (secondary N) is 1. The molecule has 0 radical (unpaired) electrons. The van der Waals surface area contributed by atoms with E-state index >= 15 is 0 Å². The first-order chi connectivity index (χ1) is 11.6. The Morgan fingerprint density at radius 1 is 1.38 bits per heavy atom. The maximum Gasteiger partial charge on any atom is 0.323 e. The van der Waals surface area contributed by atoms with Crippen LogP contribution in [0.5, 0.6) is 5.75 Å². The molecular weight excluding hydrogens is 332 g/mol. The van der Waals surface area contributed by atoms with E-state index in [1.165, 1.54) is 16.2 Å². The van der Waals surface area contributed by atoms with Crippen molar-refractivity contribution in [1.82, 2.24) is 15.1 Å². The zero-order valence-electron chi connectivity index (χ0n) is 12.9. The molecule has 1 aliphatic rings. The van der Waals surface area contributed by atoms with E-state index in [4.69, 9.17) is 9.84 Å². The second-order valence-electron chi connectivity index (χ2n) is 5.31. The summed E-state index contributed by atoms with van der Waals surface area (Å²) in [6.45, 7) is 0.625. The molecule has 1 aromatic heterocycles. The summed E-state index contributed by atoms with van der Waals surface area (Å²) < 4.78 is 5.29. The summed E-state index contributed by atoms with van der Waals surface area (Å²) in [6, 6.07) is 7.06. The Morgan fingerprint density at radius 3 is 2.88 bits per heavy atom. The summed E-state index contributed by atoms with van der Waals surface area (Å²) in [5, 5.41) is 20.7. The standard InChI is InChI=1S/C15H16N4O4S/c1-23-11-5-3-2-4-10(11)12-17-18-14(24-12)16-15(22)19-7-6-9(8-19)13(20)21/h2-5,9H,6-8H2,1H3,(H,20,21)(H,16,18,22). The molecule has 0 spiro atoms. The highest BCUT2D eigenvalue weighted by Crippen LogP contribution is 2.33. The second-order valence-corrected chi connectivity index (χ2v) is 6.29. The molecule has 0 saturated carbocycles. The lowest BCUT2D eigenvalue weighted by Crippen LogP contribution is -2.33. The van der Waals surface area contributed by atoms with E-state index in [1.807, 2.05) is 24.3 Å². The molecule has 1 atom stereocenters. The fourth-order valence-electron chi connectivity index (χ4n) is 2.52.